The zero-order valence-electron chi connectivity index (χ0n) is 11.9. The number of nitrogens with one attached hydrogen (secondary N) is 1. The Morgan fingerprint density at radius 2 is 2.05 bits per heavy atom. The van der Waals surface area contributed by atoms with Gasteiger partial charge in [-0.2, -0.15) is 0 Å². The van der Waals surface area contributed by atoms with Crippen molar-refractivity contribution in [2.24, 2.45) is 0 Å². The minimum atomic E-state index is -0.147. The van der Waals surface area contributed by atoms with Crippen LogP contribution >= 0.6 is 11.8 Å². The average molecular weight is 313 g/mol. The molecule has 0 bridgehead atoms. The Morgan fingerprint density at radius 3 is 2.91 bits per heavy atom. The van der Waals surface area contributed by atoms with E-state index in [0.717, 1.165) is 10.6 Å². The summed E-state index contributed by atoms with van der Waals surface area (Å²) in [5, 5.41) is 2.89. The number of benzene rings is 2. The van der Waals surface area contributed by atoms with E-state index in [2.05, 4.69) is 11.9 Å². The third-order valence-electron chi connectivity index (χ3n) is 3.12. The van der Waals surface area contributed by atoms with Crippen LogP contribution in [0.4, 0.5) is 5.69 Å². The average Bonchev–Trinajstić information content (AvgIpc) is 3.00. The molecule has 0 saturated heterocycles. The third kappa shape index (κ3) is 3.09. The van der Waals surface area contributed by atoms with Crippen molar-refractivity contribution in [3.05, 3.63) is 60.7 Å². The highest BCUT2D eigenvalue weighted by molar-refractivity contribution is 7.99. The number of hydrogen-bond acceptors (Lipinski definition) is 4. The Kier molecular flexibility index (Phi) is 4.34. The molecule has 0 radical (unpaired) electrons. The van der Waals surface area contributed by atoms with Crippen molar-refractivity contribution in [1.82, 2.24) is 0 Å². The van der Waals surface area contributed by atoms with Crippen LogP contribution < -0.4 is 14.8 Å². The van der Waals surface area contributed by atoms with Gasteiger partial charge in [0.25, 0.3) is 5.91 Å². The molecule has 22 heavy (non-hydrogen) atoms. The van der Waals surface area contributed by atoms with Gasteiger partial charge in [-0.1, -0.05) is 18.2 Å². The van der Waals surface area contributed by atoms with Gasteiger partial charge in [-0.15, -0.1) is 18.3 Å². The minimum absolute atomic E-state index is 0.147. The van der Waals surface area contributed by atoms with Gasteiger partial charge in [-0.3, -0.25) is 4.79 Å². The van der Waals surface area contributed by atoms with E-state index in [1.807, 2.05) is 30.3 Å². The lowest BCUT2D eigenvalue weighted by molar-refractivity contribution is 0.102. The monoisotopic (exact) mass is 313 g/mol. The molecule has 4 nitrogen and oxygen atoms in total. The van der Waals surface area contributed by atoms with Crippen LogP contribution in [0, 0.1) is 0 Å². The summed E-state index contributed by atoms with van der Waals surface area (Å²) < 4.78 is 10.6. The molecule has 0 aliphatic carbocycles. The summed E-state index contributed by atoms with van der Waals surface area (Å²) >= 11 is 1.58. The topological polar surface area (TPSA) is 47.6 Å². The molecule has 0 aromatic heterocycles. The first-order valence-corrected chi connectivity index (χ1v) is 7.80. The lowest BCUT2D eigenvalue weighted by Crippen LogP contribution is -2.12. The zero-order valence-corrected chi connectivity index (χ0v) is 12.7. The molecule has 0 saturated carbocycles. The summed E-state index contributed by atoms with van der Waals surface area (Å²) in [6.45, 7) is 3.92. The molecule has 0 atom stereocenters. The predicted octanol–water partition coefficient (Wildman–Crippen LogP) is 3.95. The second kappa shape index (κ2) is 6.58. The third-order valence-corrected chi connectivity index (χ3v) is 4.19. The van der Waals surface area contributed by atoms with Gasteiger partial charge in [0.05, 0.1) is 5.56 Å². The molecular weight excluding hydrogens is 298 g/mol. The first kappa shape index (κ1) is 14.5. The summed E-state index contributed by atoms with van der Waals surface area (Å²) in [6.07, 6.45) is 1.82. The lowest BCUT2D eigenvalue weighted by atomic mass is 10.2. The van der Waals surface area contributed by atoms with Gasteiger partial charge >= 0.3 is 0 Å². The van der Waals surface area contributed by atoms with Crippen molar-refractivity contribution < 1.29 is 14.3 Å². The normalized spacial score (nSPS) is 12.0. The van der Waals surface area contributed by atoms with Gasteiger partial charge in [0.15, 0.2) is 11.5 Å². The number of fused-ring (bicyclic) bond motifs is 1. The van der Waals surface area contributed by atoms with Crippen LogP contribution in [0.25, 0.3) is 0 Å². The first-order valence-electron chi connectivity index (χ1n) is 6.81. The van der Waals surface area contributed by atoms with Crippen LogP contribution in [-0.4, -0.2) is 18.5 Å². The molecule has 0 unspecified atom stereocenters. The van der Waals surface area contributed by atoms with E-state index >= 15 is 0 Å². The van der Waals surface area contributed by atoms with E-state index in [4.69, 9.17) is 9.47 Å². The molecule has 2 aromatic rings. The minimum Gasteiger partial charge on any atom is -0.454 e. The molecule has 112 valence electrons. The number of carbonyl (C=O) groups is 1. The number of carbonyl (C=O) groups excluding carboxylic acids is 1. The number of amides is 1. The Hall–Kier alpha value is -2.40. The Morgan fingerprint density at radius 1 is 1.23 bits per heavy atom. The smallest absolute Gasteiger partial charge is 0.256 e. The van der Waals surface area contributed by atoms with Gasteiger partial charge in [0, 0.05) is 22.4 Å². The SMILES string of the molecule is C=CCSc1ccccc1C(=O)Nc1ccc2c(c1)OCO2. The number of anilines is 1. The lowest BCUT2D eigenvalue weighted by Gasteiger charge is -2.09. The highest BCUT2D eigenvalue weighted by Gasteiger charge is 2.16. The van der Waals surface area contributed by atoms with Crippen molar-refractivity contribution >= 4 is 23.4 Å². The molecule has 1 amide bonds. The standard InChI is InChI=1S/C17H15NO3S/c1-2-9-22-16-6-4-3-5-13(16)17(19)18-12-7-8-14-15(10-12)21-11-20-14/h2-8,10H,1,9,11H2,(H,18,19). The predicted molar refractivity (Wildman–Crippen MR) is 87.9 cm³/mol. The van der Waals surface area contributed by atoms with Crippen LogP contribution in [0.2, 0.25) is 0 Å². The molecular formula is C17H15NO3S. The van der Waals surface area contributed by atoms with Gasteiger partial charge in [0.1, 0.15) is 0 Å². The van der Waals surface area contributed by atoms with Gasteiger partial charge in [-0.25, -0.2) is 0 Å². The van der Waals surface area contributed by atoms with Gasteiger partial charge in [0.2, 0.25) is 6.79 Å². The fraction of sp³-hybridized carbons (Fsp3) is 0.118. The van der Waals surface area contributed by atoms with E-state index in [1.165, 1.54) is 0 Å². The molecule has 0 fully saturated rings. The van der Waals surface area contributed by atoms with Crippen LogP contribution in [-0.2, 0) is 0 Å². The second-order valence-corrected chi connectivity index (χ2v) is 5.68. The number of hydrogen-bond donors (Lipinski definition) is 1. The maximum Gasteiger partial charge on any atom is 0.256 e. The summed E-state index contributed by atoms with van der Waals surface area (Å²) in [5.41, 5.74) is 1.32. The summed E-state index contributed by atoms with van der Waals surface area (Å²) in [7, 11) is 0. The molecule has 1 aliphatic heterocycles. The highest BCUT2D eigenvalue weighted by atomic mass is 32.2. The largest absolute Gasteiger partial charge is 0.454 e. The van der Waals surface area contributed by atoms with E-state index in [1.54, 1.807) is 30.0 Å². The van der Waals surface area contributed by atoms with Crippen LogP contribution in [0.5, 0.6) is 11.5 Å². The Bertz CT molecular complexity index is 715. The van der Waals surface area contributed by atoms with E-state index in [-0.39, 0.29) is 12.7 Å². The summed E-state index contributed by atoms with van der Waals surface area (Å²) in [5.74, 6) is 1.95. The Labute approximate surface area is 133 Å². The highest BCUT2D eigenvalue weighted by Crippen LogP contribution is 2.34. The maximum atomic E-state index is 12.5. The van der Waals surface area contributed by atoms with E-state index in [9.17, 15) is 4.79 Å². The molecule has 1 aliphatic rings. The van der Waals surface area contributed by atoms with Crippen molar-refractivity contribution in [2.75, 3.05) is 17.9 Å². The van der Waals surface area contributed by atoms with Crippen molar-refractivity contribution in [1.29, 1.82) is 0 Å². The van der Waals surface area contributed by atoms with Gasteiger partial charge < -0.3 is 14.8 Å². The van der Waals surface area contributed by atoms with Crippen molar-refractivity contribution in [3.8, 4) is 11.5 Å². The van der Waals surface area contributed by atoms with Crippen LogP contribution in [0.1, 0.15) is 10.4 Å². The summed E-state index contributed by atoms with van der Waals surface area (Å²) in [6, 6.07) is 12.9. The van der Waals surface area contributed by atoms with Gasteiger partial charge in [-0.05, 0) is 24.3 Å². The van der Waals surface area contributed by atoms with E-state index in [0.29, 0.717) is 22.7 Å². The summed E-state index contributed by atoms with van der Waals surface area (Å²) in [4.78, 5) is 13.4. The number of rotatable bonds is 5. The van der Waals surface area contributed by atoms with E-state index < -0.39 is 0 Å². The van der Waals surface area contributed by atoms with Crippen LogP contribution in [0.3, 0.4) is 0 Å². The Balaban J connectivity index is 1.78. The molecule has 0 spiro atoms. The number of thioether (sulfide) groups is 1. The van der Waals surface area contributed by atoms with Crippen molar-refractivity contribution in [2.45, 2.75) is 4.90 Å². The molecule has 3 rings (SSSR count). The molecule has 1 N–H and O–H groups in total. The van der Waals surface area contributed by atoms with Crippen molar-refractivity contribution in [3.63, 3.8) is 0 Å². The number of ether oxygens (including phenoxy) is 2. The maximum absolute atomic E-state index is 12.5. The first-order chi connectivity index (χ1) is 10.8. The zero-order chi connectivity index (χ0) is 15.4. The second-order valence-electron chi connectivity index (χ2n) is 4.62. The molecule has 1 heterocycles. The van der Waals surface area contributed by atoms with Crippen LogP contribution in [0.15, 0.2) is 60.0 Å². The molecule has 2 aromatic carbocycles. The fourth-order valence-corrected chi connectivity index (χ4v) is 2.89. The fourth-order valence-electron chi connectivity index (χ4n) is 2.10. The molecule has 5 heteroatoms. The quantitative estimate of drug-likeness (QED) is 0.671.